The first-order valence-corrected chi connectivity index (χ1v) is 6.28. The van der Waals surface area contributed by atoms with Crippen LogP contribution < -0.4 is 0 Å². The Kier molecular flexibility index (Phi) is 5.20. The number of hydrogen-bond donors (Lipinski definition) is 0. The zero-order valence-corrected chi connectivity index (χ0v) is 10.5. The average Bonchev–Trinajstić information content (AvgIpc) is 2.26. The molecular weight excluding hydrogens is 238 g/mol. The first-order chi connectivity index (χ1) is 6.80. The van der Waals surface area contributed by atoms with Crippen LogP contribution in [0.2, 0.25) is 0 Å². The van der Waals surface area contributed by atoms with Crippen LogP contribution >= 0.6 is 15.9 Å². The third-order valence-electron chi connectivity index (χ3n) is 2.45. The first kappa shape index (κ1) is 11.7. The molecule has 0 spiro atoms. The second-order valence-corrected chi connectivity index (χ2v) is 3.98. The van der Waals surface area contributed by atoms with Gasteiger partial charge < -0.3 is 0 Å². The monoisotopic (exact) mass is 255 g/mol. The number of rotatable bonds is 5. The lowest BCUT2D eigenvalue weighted by atomic mass is 10.1. The van der Waals surface area contributed by atoms with Crippen molar-refractivity contribution in [3.05, 3.63) is 35.4 Å². The van der Waals surface area contributed by atoms with Crippen LogP contribution in [0.25, 0.3) is 0 Å². The van der Waals surface area contributed by atoms with Crippen molar-refractivity contribution in [2.45, 2.75) is 25.7 Å². The van der Waals surface area contributed by atoms with E-state index in [1.165, 1.54) is 11.1 Å². The standard InChI is InChI=1S/C12H18BrN/c1-3-14(4-2)10-12-7-5-6-11(8-12)9-13/h5-8H,3-4,9-10H2,1-2H3. The number of benzene rings is 1. The molecule has 0 bridgehead atoms. The van der Waals surface area contributed by atoms with Crippen molar-refractivity contribution in [2.24, 2.45) is 0 Å². The molecule has 1 aromatic carbocycles. The first-order valence-electron chi connectivity index (χ1n) is 5.16. The molecule has 0 aromatic heterocycles. The molecule has 0 aliphatic heterocycles. The van der Waals surface area contributed by atoms with Gasteiger partial charge in [0.2, 0.25) is 0 Å². The highest BCUT2D eigenvalue weighted by Gasteiger charge is 2.01. The van der Waals surface area contributed by atoms with Crippen LogP contribution in [-0.4, -0.2) is 18.0 Å². The second kappa shape index (κ2) is 6.20. The summed E-state index contributed by atoms with van der Waals surface area (Å²) in [6, 6.07) is 8.76. The van der Waals surface area contributed by atoms with Crippen molar-refractivity contribution in [1.29, 1.82) is 0 Å². The molecule has 2 heteroatoms. The minimum absolute atomic E-state index is 0.944. The number of alkyl halides is 1. The minimum atomic E-state index is 0.944. The largest absolute Gasteiger partial charge is 0.300 e. The van der Waals surface area contributed by atoms with Gasteiger partial charge in [0.05, 0.1) is 0 Å². The van der Waals surface area contributed by atoms with Gasteiger partial charge in [-0.2, -0.15) is 0 Å². The molecule has 0 aliphatic rings. The summed E-state index contributed by atoms with van der Waals surface area (Å²) in [4.78, 5) is 2.42. The van der Waals surface area contributed by atoms with E-state index >= 15 is 0 Å². The highest BCUT2D eigenvalue weighted by atomic mass is 79.9. The molecule has 0 fully saturated rings. The van der Waals surface area contributed by atoms with Crippen molar-refractivity contribution < 1.29 is 0 Å². The Morgan fingerprint density at radius 2 is 1.79 bits per heavy atom. The fourth-order valence-corrected chi connectivity index (χ4v) is 1.87. The Labute approximate surface area is 95.2 Å². The molecule has 0 saturated heterocycles. The van der Waals surface area contributed by atoms with E-state index in [0.717, 1.165) is 25.0 Å². The lowest BCUT2D eigenvalue weighted by Gasteiger charge is -2.18. The van der Waals surface area contributed by atoms with Gasteiger partial charge in [-0.05, 0) is 24.2 Å². The van der Waals surface area contributed by atoms with Crippen LogP contribution in [0.4, 0.5) is 0 Å². The van der Waals surface area contributed by atoms with Crippen molar-refractivity contribution in [3.8, 4) is 0 Å². The van der Waals surface area contributed by atoms with E-state index in [2.05, 4.69) is 58.9 Å². The molecule has 14 heavy (non-hydrogen) atoms. The van der Waals surface area contributed by atoms with Crippen LogP contribution in [0.1, 0.15) is 25.0 Å². The van der Waals surface area contributed by atoms with Crippen molar-refractivity contribution in [3.63, 3.8) is 0 Å². The molecule has 0 aliphatic carbocycles. The topological polar surface area (TPSA) is 3.24 Å². The molecule has 0 N–H and O–H groups in total. The smallest absolute Gasteiger partial charge is 0.0283 e. The molecule has 1 nitrogen and oxygen atoms in total. The van der Waals surface area contributed by atoms with Gasteiger partial charge >= 0.3 is 0 Å². The predicted octanol–water partition coefficient (Wildman–Crippen LogP) is 3.42. The van der Waals surface area contributed by atoms with Gasteiger partial charge in [-0.25, -0.2) is 0 Å². The highest BCUT2D eigenvalue weighted by Crippen LogP contribution is 2.10. The number of hydrogen-bond acceptors (Lipinski definition) is 1. The van der Waals surface area contributed by atoms with Gasteiger partial charge in [-0.3, -0.25) is 4.90 Å². The molecule has 0 atom stereocenters. The van der Waals surface area contributed by atoms with Gasteiger partial charge in [0, 0.05) is 11.9 Å². The third-order valence-corrected chi connectivity index (χ3v) is 3.09. The molecule has 0 saturated carbocycles. The predicted molar refractivity (Wildman–Crippen MR) is 65.7 cm³/mol. The third kappa shape index (κ3) is 3.43. The van der Waals surface area contributed by atoms with Gasteiger partial charge in [-0.1, -0.05) is 54.0 Å². The zero-order valence-electron chi connectivity index (χ0n) is 8.96. The highest BCUT2D eigenvalue weighted by molar-refractivity contribution is 9.08. The molecule has 0 radical (unpaired) electrons. The lowest BCUT2D eigenvalue weighted by Crippen LogP contribution is -2.22. The summed E-state index contributed by atoms with van der Waals surface area (Å²) in [5.74, 6) is 0. The molecular formula is C12H18BrN. The van der Waals surface area contributed by atoms with Crippen LogP contribution in [0.3, 0.4) is 0 Å². The average molecular weight is 256 g/mol. The van der Waals surface area contributed by atoms with Crippen LogP contribution in [0.5, 0.6) is 0 Å². The minimum Gasteiger partial charge on any atom is -0.300 e. The number of nitrogens with zero attached hydrogens (tertiary/aromatic N) is 1. The summed E-state index contributed by atoms with van der Waals surface area (Å²) < 4.78 is 0. The zero-order chi connectivity index (χ0) is 10.4. The summed E-state index contributed by atoms with van der Waals surface area (Å²) in [6.45, 7) is 7.72. The summed E-state index contributed by atoms with van der Waals surface area (Å²) in [6.07, 6.45) is 0. The molecule has 0 unspecified atom stereocenters. The maximum atomic E-state index is 3.48. The van der Waals surface area contributed by atoms with E-state index in [4.69, 9.17) is 0 Å². The lowest BCUT2D eigenvalue weighted by molar-refractivity contribution is 0.296. The van der Waals surface area contributed by atoms with Crippen molar-refractivity contribution in [2.75, 3.05) is 13.1 Å². The fourth-order valence-electron chi connectivity index (χ4n) is 1.52. The summed E-state index contributed by atoms with van der Waals surface area (Å²) in [5, 5.41) is 0.944. The molecule has 0 amide bonds. The Morgan fingerprint density at radius 1 is 1.14 bits per heavy atom. The summed E-state index contributed by atoms with van der Waals surface area (Å²) in [7, 11) is 0. The van der Waals surface area contributed by atoms with E-state index in [1.54, 1.807) is 0 Å². The SMILES string of the molecule is CCN(CC)Cc1cccc(CBr)c1. The van der Waals surface area contributed by atoms with Gasteiger partial charge in [-0.15, -0.1) is 0 Å². The van der Waals surface area contributed by atoms with Gasteiger partial charge in [0.25, 0.3) is 0 Å². The molecule has 1 aromatic rings. The summed E-state index contributed by atoms with van der Waals surface area (Å²) >= 11 is 3.48. The normalized spacial score (nSPS) is 10.9. The Balaban J connectivity index is 2.65. The Bertz CT molecular complexity index is 269. The van der Waals surface area contributed by atoms with Gasteiger partial charge in [0.15, 0.2) is 0 Å². The van der Waals surface area contributed by atoms with E-state index in [9.17, 15) is 0 Å². The fraction of sp³-hybridized carbons (Fsp3) is 0.500. The number of halogens is 1. The molecule has 0 heterocycles. The Hall–Kier alpha value is -0.340. The van der Waals surface area contributed by atoms with E-state index in [-0.39, 0.29) is 0 Å². The van der Waals surface area contributed by atoms with Crippen LogP contribution in [-0.2, 0) is 11.9 Å². The maximum Gasteiger partial charge on any atom is 0.0283 e. The van der Waals surface area contributed by atoms with E-state index in [0.29, 0.717) is 0 Å². The maximum absolute atomic E-state index is 3.48. The van der Waals surface area contributed by atoms with Crippen LogP contribution in [0, 0.1) is 0 Å². The van der Waals surface area contributed by atoms with Crippen molar-refractivity contribution >= 4 is 15.9 Å². The summed E-state index contributed by atoms with van der Waals surface area (Å²) in [5.41, 5.74) is 2.76. The molecule has 78 valence electrons. The van der Waals surface area contributed by atoms with E-state index < -0.39 is 0 Å². The quantitative estimate of drug-likeness (QED) is 0.729. The van der Waals surface area contributed by atoms with Crippen LogP contribution in [0.15, 0.2) is 24.3 Å². The Morgan fingerprint density at radius 3 is 2.36 bits per heavy atom. The second-order valence-electron chi connectivity index (χ2n) is 3.41. The van der Waals surface area contributed by atoms with Crippen molar-refractivity contribution in [1.82, 2.24) is 4.90 Å². The van der Waals surface area contributed by atoms with E-state index in [1.807, 2.05) is 0 Å². The van der Waals surface area contributed by atoms with Gasteiger partial charge in [0.1, 0.15) is 0 Å². The molecule has 1 rings (SSSR count).